The molecule has 0 saturated carbocycles. The fraction of sp³-hybridized carbons (Fsp3) is 0.233. The number of hydrogen-bond donors (Lipinski definition) is 3. The van der Waals surface area contributed by atoms with Crippen molar-refractivity contribution in [2.45, 2.75) is 32.4 Å². The number of benzene rings is 3. The molecule has 0 radical (unpaired) electrons. The number of amides is 1. The molecule has 1 heterocycles. The van der Waals surface area contributed by atoms with Gasteiger partial charge in [0.15, 0.2) is 11.6 Å². The lowest BCUT2D eigenvalue weighted by Crippen LogP contribution is -2.39. The zero-order valence-electron chi connectivity index (χ0n) is 21.3. The van der Waals surface area contributed by atoms with Crippen molar-refractivity contribution in [1.82, 2.24) is 10.3 Å². The minimum Gasteiger partial charge on any atom is -0.495 e. The van der Waals surface area contributed by atoms with Crippen LogP contribution in [-0.4, -0.2) is 41.9 Å². The Hall–Kier alpha value is -4.35. The summed E-state index contributed by atoms with van der Waals surface area (Å²) in [5.41, 5.74) is 2.62. The number of nitrogens with one attached hydrogen (secondary N) is 2. The van der Waals surface area contributed by atoms with Gasteiger partial charge in [-0.05, 0) is 62.2 Å². The van der Waals surface area contributed by atoms with Gasteiger partial charge in [0, 0.05) is 28.7 Å². The van der Waals surface area contributed by atoms with Gasteiger partial charge in [-0.3, -0.25) is 4.79 Å². The van der Waals surface area contributed by atoms with Gasteiger partial charge in [0.1, 0.15) is 11.5 Å². The Morgan fingerprint density at radius 1 is 1.05 bits per heavy atom. The number of carbonyl (C=O) groups excluding carboxylic acids is 1. The molecule has 38 heavy (non-hydrogen) atoms. The molecule has 6 nitrogen and oxygen atoms in total. The number of rotatable bonds is 8. The van der Waals surface area contributed by atoms with Gasteiger partial charge < -0.3 is 24.9 Å². The van der Waals surface area contributed by atoms with Crippen LogP contribution in [0, 0.1) is 23.5 Å². The van der Waals surface area contributed by atoms with Gasteiger partial charge in [0.25, 0.3) is 5.91 Å². The summed E-state index contributed by atoms with van der Waals surface area (Å²) in [6.45, 7) is 3.34. The van der Waals surface area contributed by atoms with Gasteiger partial charge in [-0.25, -0.2) is 8.78 Å². The molecule has 3 N–H and O–H groups in total. The third-order valence-corrected chi connectivity index (χ3v) is 5.87. The average Bonchev–Trinajstić information content (AvgIpc) is 3.28. The molecule has 0 saturated heterocycles. The Morgan fingerprint density at radius 3 is 2.55 bits per heavy atom. The van der Waals surface area contributed by atoms with Crippen molar-refractivity contribution < 1.29 is 28.2 Å². The Balaban J connectivity index is 1.60. The van der Waals surface area contributed by atoms with Crippen molar-refractivity contribution in [2.24, 2.45) is 0 Å². The molecule has 0 aliphatic rings. The summed E-state index contributed by atoms with van der Waals surface area (Å²) in [7, 11) is 1.57. The van der Waals surface area contributed by atoms with Crippen molar-refractivity contribution in [3.05, 3.63) is 94.7 Å². The number of aromatic nitrogens is 1. The molecule has 4 aromatic rings. The zero-order valence-corrected chi connectivity index (χ0v) is 21.3. The quantitative estimate of drug-likeness (QED) is 0.288. The lowest BCUT2D eigenvalue weighted by atomic mass is 10.0. The van der Waals surface area contributed by atoms with Crippen LogP contribution >= 0.6 is 0 Å². The minimum absolute atomic E-state index is 0.179. The fourth-order valence-electron chi connectivity index (χ4n) is 4.06. The van der Waals surface area contributed by atoms with Crippen molar-refractivity contribution in [1.29, 1.82) is 0 Å². The third-order valence-electron chi connectivity index (χ3n) is 5.87. The van der Waals surface area contributed by atoms with E-state index in [4.69, 9.17) is 9.47 Å². The SMILES string of the molecule is COc1ccccc1C#Cc1ccc(OC(C)C)c(C(=O)N[C@@H](CO)Cc2c[nH]c3cc(F)c(F)cc23)c1. The summed E-state index contributed by atoms with van der Waals surface area (Å²) in [5, 5.41) is 13.3. The summed E-state index contributed by atoms with van der Waals surface area (Å²) in [6, 6.07) is 13.9. The molecule has 0 aliphatic heterocycles. The summed E-state index contributed by atoms with van der Waals surface area (Å²) in [6.07, 6.45) is 1.63. The van der Waals surface area contributed by atoms with Gasteiger partial charge in [0.2, 0.25) is 0 Å². The first-order valence-electron chi connectivity index (χ1n) is 12.1. The Kier molecular flexibility index (Phi) is 8.29. The van der Waals surface area contributed by atoms with E-state index >= 15 is 0 Å². The summed E-state index contributed by atoms with van der Waals surface area (Å²) >= 11 is 0. The van der Waals surface area contributed by atoms with E-state index in [1.54, 1.807) is 31.5 Å². The molecule has 1 atom stereocenters. The number of carbonyl (C=O) groups is 1. The Labute approximate surface area is 219 Å². The van der Waals surface area contributed by atoms with Crippen LogP contribution in [0.25, 0.3) is 10.9 Å². The van der Waals surface area contributed by atoms with Crippen LogP contribution in [-0.2, 0) is 6.42 Å². The van der Waals surface area contributed by atoms with Crippen molar-refractivity contribution >= 4 is 16.8 Å². The van der Waals surface area contributed by atoms with E-state index in [1.807, 2.05) is 38.1 Å². The molecule has 0 bridgehead atoms. The number of aliphatic hydroxyl groups is 1. The van der Waals surface area contributed by atoms with Crippen LogP contribution in [0.2, 0.25) is 0 Å². The highest BCUT2D eigenvalue weighted by molar-refractivity contribution is 5.97. The van der Waals surface area contributed by atoms with Gasteiger partial charge in [-0.15, -0.1) is 0 Å². The maximum atomic E-state index is 13.8. The van der Waals surface area contributed by atoms with Crippen LogP contribution in [0.5, 0.6) is 11.5 Å². The van der Waals surface area contributed by atoms with Crippen LogP contribution < -0.4 is 14.8 Å². The van der Waals surface area contributed by atoms with Crippen molar-refractivity contribution in [3.8, 4) is 23.3 Å². The molecule has 196 valence electrons. The molecule has 0 aliphatic carbocycles. The third kappa shape index (κ3) is 6.13. The Morgan fingerprint density at radius 2 is 1.82 bits per heavy atom. The number of fused-ring (bicyclic) bond motifs is 1. The number of halogens is 2. The van der Waals surface area contributed by atoms with E-state index in [-0.39, 0.29) is 24.7 Å². The predicted octanol–water partition coefficient (Wildman–Crippen LogP) is 4.98. The largest absolute Gasteiger partial charge is 0.495 e. The van der Waals surface area contributed by atoms with E-state index < -0.39 is 23.6 Å². The van der Waals surface area contributed by atoms with E-state index in [0.29, 0.717) is 39.1 Å². The molecule has 8 heteroatoms. The minimum atomic E-state index is -0.968. The van der Waals surface area contributed by atoms with Crippen LogP contribution in [0.3, 0.4) is 0 Å². The van der Waals surface area contributed by atoms with Gasteiger partial charge in [-0.1, -0.05) is 24.0 Å². The van der Waals surface area contributed by atoms with E-state index in [9.17, 15) is 18.7 Å². The molecule has 1 amide bonds. The number of H-pyrrole nitrogens is 1. The van der Waals surface area contributed by atoms with E-state index in [1.165, 1.54) is 0 Å². The fourth-order valence-corrected chi connectivity index (χ4v) is 4.06. The van der Waals surface area contributed by atoms with Crippen molar-refractivity contribution in [3.63, 3.8) is 0 Å². The summed E-state index contributed by atoms with van der Waals surface area (Å²) in [5.74, 6) is 4.76. The number of ether oxygens (including phenoxy) is 2. The number of aromatic amines is 1. The van der Waals surface area contributed by atoms with Crippen molar-refractivity contribution in [2.75, 3.05) is 13.7 Å². The topological polar surface area (TPSA) is 83.6 Å². The standard InChI is InChI=1S/C30H28F2N2O4/c1-18(2)38-29-11-9-19(8-10-20-6-4-5-7-28(20)37-3)12-24(29)30(36)34-22(17-35)13-21-16-33-27-15-26(32)25(31)14-23(21)27/h4-7,9,11-12,14-16,18,22,33,35H,13,17H2,1-3H3,(H,34,36)/t22-/m1/s1. The molecule has 4 rings (SSSR count). The van der Waals surface area contributed by atoms with E-state index in [0.717, 1.165) is 12.1 Å². The number of methoxy groups -OCH3 is 1. The first kappa shape index (κ1) is 26.7. The second kappa shape index (κ2) is 11.8. The molecule has 0 unspecified atom stereocenters. The number of para-hydroxylation sites is 1. The number of aliphatic hydroxyl groups excluding tert-OH is 1. The Bertz CT molecular complexity index is 1520. The van der Waals surface area contributed by atoms with Crippen LogP contribution in [0.1, 0.15) is 40.9 Å². The highest BCUT2D eigenvalue weighted by Gasteiger charge is 2.20. The summed E-state index contributed by atoms with van der Waals surface area (Å²) in [4.78, 5) is 16.2. The number of hydrogen-bond acceptors (Lipinski definition) is 4. The smallest absolute Gasteiger partial charge is 0.255 e. The molecular formula is C30H28F2N2O4. The average molecular weight is 519 g/mol. The normalized spacial score (nSPS) is 11.7. The van der Waals surface area contributed by atoms with Gasteiger partial charge in [-0.2, -0.15) is 0 Å². The molecule has 1 aromatic heterocycles. The molecule has 0 spiro atoms. The summed E-state index contributed by atoms with van der Waals surface area (Å²) < 4.78 is 38.6. The zero-order chi connectivity index (χ0) is 27.2. The lowest BCUT2D eigenvalue weighted by molar-refractivity contribution is 0.0910. The molecular weight excluding hydrogens is 490 g/mol. The second-order valence-corrected chi connectivity index (χ2v) is 9.01. The lowest BCUT2D eigenvalue weighted by Gasteiger charge is -2.19. The van der Waals surface area contributed by atoms with Crippen LogP contribution in [0.4, 0.5) is 8.78 Å². The molecule has 0 fully saturated rings. The van der Waals surface area contributed by atoms with Crippen LogP contribution in [0.15, 0.2) is 60.8 Å². The highest BCUT2D eigenvalue weighted by Crippen LogP contribution is 2.25. The molecule has 3 aromatic carbocycles. The van der Waals surface area contributed by atoms with E-state index in [2.05, 4.69) is 22.1 Å². The maximum absolute atomic E-state index is 13.8. The predicted molar refractivity (Wildman–Crippen MR) is 141 cm³/mol. The first-order chi connectivity index (χ1) is 18.3. The highest BCUT2D eigenvalue weighted by atomic mass is 19.2. The second-order valence-electron chi connectivity index (χ2n) is 9.01. The van der Waals surface area contributed by atoms with Gasteiger partial charge in [0.05, 0.1) is 37.0 Å². The van der Waals surface area contributed by atoms with Gasteiger partial charge >= 0.3 is 0 Å². The monoisotopic (exact) mass is 518 g/mol. The maximum Gasteiger partial charge on any atom is 0.255 e. The first-order valence-corrected chi connectivity index (χ1v) is 12.1.